The molecule has 5 heteroatoms. The third kappa shape index (κ3) is 4.99. The number of anilines is 1. The molecule has 1 atom stereocenters. The van der Waals surface area contributed by atoms with Crippen LogP contribution in [0.2, 0.25) is 0 Å². The third-order valence-electron chi connectivity index (χ3n) is 7.68. The fourth-order valence-electron chi connectivity index (χ4n) is 5.76. The molecular formula is C34H35N2O2S+. The third-order valence-corrected chi connectivity index (χ3v) is 8.79. The maximum absolute atomic E-state index is 6.37. The van der Waals surface area contributed by atoms with Gasteiger partial charge in [0.15, 0.2) is 5.75 Å². The second kappa shape index (κ2) is 10.7. The van der Waals surface area contributed by atoms with Crippen LogP contribution in [0, 0.1) is 6.92 Å². The van der Waals surface area contributed by atoms with E-state index in [1.165, 1.54) is 37.5 Å². The molecule has 2 heterocycles. The average molecular weight is 536 g/mol. The Morgan fingerprint density at radius 2 is 1.87 bits per heavy atom. The average Bonchev–Trinajstić information content (AvgIpc) is 3.48. The number of nitrogens with zero attached hydrogens (tertiary/aromatic N) is 2. The van der Waals surface area contributed by atoms with Gasteiger partial charge in [-0.15, -0.1) is 0 Å². The smallest absolute Gasteiger partial charge is 0.263 e. The van der Waals surface area contributed by atoms with E-state index in [4.69, 9.17) is 9.47 Å². The summed E-state index contributed by atoms with van der Waals surface area (Å²) in [5.74, 6) is 3.16. The van der Waals surface area contributed by atoms with Crippen LogP contribution < -0.4 is 18.9 Å². The molecule has 0 saturated heterocycles. The van der Waals surface area contributed by atoms with E-state index in [1.807, 2.05) is 17.4 Å². The maximum atomic E-state index is 6.37. The van der Waals surface area contributed by atoms with Crippen molar-refractivity contribution < 1.29 is 14.0 Å². The Hall–Kier alpha value is -3.83. The maximum Gasteiger partial charge on any atom is 0.263 e. The van der Waals surface area contributed by atoms with Crippen LogP contribution in [0.15, 0.2) is 95.9 Å². The zero-order chi connectivity index (χ0) is 26.9. The number of hydrogen-bond acceptors (Lipinski definition) is 4. The number of fused-ring (bicyclic) bond motifs is 2. The van der Waals surface area contributed by atoms with E-state index >= 15 is 0 Å². The van der Waals surface area contributed by atoms with E-state index in [0.29, 0.717) is 5.92 Å². The number of allylic oxidation sites excluding steroid dienone is 4. The predicted molar refractivity (Wildman–Crippen MR) is 162 cm³/mol. The number of ether oxygens (including phenoxy) is 2. The van der Waals surface area contributed by atoms with E-state index in [2.05, 4.69) is 109 Å². The standard InChI is InChI=1S/C34H35N2O2S/c1-5-35-29-16-23(3)12-14-31(29)38-33(35)20-24-17-25(19-27(18-24)26-10-8-7-9-11-26)21-34-36(6-2)30-22-28(37-4)13-15-32(30)39-34/h7-17,20-22,27H,5-6,18-19H2,1-4H3/q+1. The molecule has 0 bridgehead atoms. The molecule has 198 valence electrons. The number of rotatable bonds is 6. The van der Waals surface area contributed by atoms with E-state index in [-0.39, 0.29) is 0 Å². The molecule has 6 rings (SSSR count). The van der Waals surface area contributed by atoms with E-state index in [0.717, 1.165) is 49.0 Å². The zero-order valence-electron chi connectivity index (χ0n) is 23.1. The summed E-state index contributed by atoms with van der Waals surface area (Å²) in [6.45, 7) is 8.30. The highest BCUT2D eigenvalue weighted by Gasteiger charge is 2.28. The molecule has 0 radical (unpaired) electrons. The summed E-state index contributed by atoms with van der Waals surface area (Å²) in [6.07, 6.45) is 9.02. The highest BCUT2D eigenvalue weighted by molar-refractivity contribution is 7.18. The number of methoxy groups -OCH3 is 1. The second-order valence-corrected chi connectivity index (χ2v) is 11.3. The lowest BCUT2D eigenvalue weighted by atomic mass is 9.81. The Bertz CT molecular complexity index is 1610. The normalized spacial score (nSPS) is 18.9. The molecule has 1 unspecified atom stereocenters. The molecule has 1 aromatic heterocycles. The summed E-state index contributed by atoms with van der Waals surface area (Å²) in [5.41, 5.74) is 7.65. The van der Waals surface area contributed by atoms with Crippen molar-refractivity contribution in [3.8, 4) is 11.5 Å². The molecule has 0 spiro atoms. The van der Waals surface area contributed by atoms with Crippen LogP contribution in [-0.2, 0) is 6.54 Å². The summed E-state index contributed by atoms with van der Waals surface area (Å²) >= 11 is 1.84. The van der Waals surface area contributed by atoms with Crippen LogP contribution in [0.1, 0.15) is 48.7 Å². The van der Waals surface area contributed by atoms with Crippen LogP contribution in [0.3, 0.4) is 0 Å². The molecule has 2 aliphatic rings. The minimum atomic E-state index is 0.417. The number of aryl methyl sites for hydroxylation is 2. The van der Waals surface area contributed by atoms with Crippen molar-refractivity contribution in [3.05, 3.63) is 112 Å². The molecule has 0 amide bonds. The van der Waals surface area contributed by atoms with Gasteiger partial charge in [0.1, 0.15) is 17.0 Å². The lowest BCUT2D eigenvalue weighted by Crippen LogP contribution is -2.33. The molecule has 0 saturated carbocycles. The molecule has 1 aliphatic heterocycles. The molecule has 4 aromatic rings. The van der Waals surface area contributed by atoms with E-state index in [1.54, 1.807) is 7.11 Å². The van der Waals surface area contributed by atoms with Crippen molar-refractivity contribution >= 4 is 33.3 Å². The van der Waals surface area contributed by atoms with Crippen molar-refractivity contribution in [2.24, 2.45) is 0 Å². The number of hydrogen-bond donors (Lipinski definition) is 0. The van der Waals surface area contributed by atoms with Gasteiger partial charge in [-0.1, -0.05) is 53.8 Å². The van der Waals surface area contributed by atoms with Crippen molar-refractivity contribution in [3.63, 3.8) is 0 Å². The number of aromatic nitrogens is 1. The molecule has 3 aromatic carbocycles. The first kappa shape index (κ1) is 25.4. The fourth-order valence-corrected chi connectivity index (χ4v) is 6.95. The SMILES string of the molecule is CCN1C(=CC2=CC(=Cc3sc4ccc(OC)cc4[n+]3CC)CC(c3ccccc3)C2)Oc2ccc(C)cc21. The van der Waals surface area contributed by atoms with Gasteiger partial charge in [-0.05, 0) is 86.1 Å². The molecule has 0 N–H and O–H groups in total. The van der Waals surface area contributed by atoms with Crippen molar-refractivity contribution in [1.29, 1.82) is 0 Å². The second-order valence-electron chi connectivity index (χ2n) is 10.3. The fraction of sp³-hybridized carbons (Fsp3) is 0.265. The number of thiazole rings is 1. The monoisotopic (exact) mass is 535 g/mol. The van der Waals surface area contributed by atoms with Crippen molar-refractivity contribution in [2.75, 3.05) is 18.6 Å². The Morgan fingerprint density at radius 3 is 2.64 bits per heavy atom. The minimum absolute atomic E-state index is 0.417. The predicted octanol–water partition coefficient (Wildman–Crippen LogP) is 8.17. The minimum Gasteiger partial charge on any atom is -0.497 e. The van der Waals surface area contributed by atoms with Crippen LogP contribution in [0.4, 0.5) is 5.69 Å². The van der Waals surface area contributed by atoms with Gasteiger partial charge >= 0.3 is 0 Å². The Kier molecular flexibility index (Phi) is 7.01. The van der Waals surface area contributed by atoms with E-state index < -0.39 is 0 Å². The first-order valence-corrected chi connectivity index (χ1v) is 14.6. The molecule has 4 nitrogen and oxygen atoms in total. The summed E-state index contributed by atoms with van der Waals surface area (Å²) in [7, 11) is 1.73. The highest BCUT2D eigenvalue weighted by Crippen LogP contribution is 2.42. The largest absolute Gasteiger partial charge is 0.497 e. The first-order valence-electron chi connectivity index (χ1n) is 13.8. The van der Waals surface area contributed by atoms with Gasteiger partial charge in [0, 0.05) is 18.7 Å². The Labute approximate surface area is 235 Å². The topological polar surface area (TPSA) is 25.6 Å². The Balaban J connectivity index is 1.42. The number of benzene rings is 3. The van der Waals surface area contributed by atoms with Gasteiger partial charge in [-0.3, -0.25) is 0 Å². The van der Waals surface area contributed by atoms with Crippen LogP contribution in [-0.4, -0.2) is 13.7 Å². The van der Waals surface area contributed by atoms with Gasteiger partial charge in [0.25, 0.3) is 5.01 Å². The van der Waals surface area contributed by atoms with Crippen molar-refractivity contribution in [1.82, 2.24) is 0 Å². The first-order chi connectivity index (χ1) is 19.1. The summed E-state index contributed by atoms with van der Waals surface area (Å²) < 4.78 is 15.6. The zero-order valence-corrected chi connectivity index (χ0v) is 23.9. The summed E-state index contributed by atoms with van der Waals surface area (Å²) in [6, 6.07) is 23.7. The van der Waals surface area contributed by atoms with Crippen LogP contribution in [0.5, 0.6) is 11.5 Å². The lowest BCUT2D eigenvalue weighted by molar-refractivity contribution is -0.665. The Morgan fingerprint density at radius 1 is 1.03 bits per heavy atom. The van der Waals surface area contributed by atoms with Gasteiger partial charge in [0.05, 0.1) is 18.9 Å². The summed E-state index contributed by atoms with van der Waals surface area (Å²) in [5, 5.41) is 1.27. The van der Waals surface area contributed by atoms with Crippen molar-refractivity contribution in [2.45, 2.75) is 46.1 Å². The molecule has 39 heavy (non-hydrogen) atoms. The summed E-state index contributed by atoms with van der Waals surface area (Å²) in [4.78, 5) is 2.28. The molecule has 0 fully saturated rings. The highest BCUT2D eigenvalue weighted by atomic mass is 32.1. The molecular weight excluding hydrogens is 500 g/mol. The van der Waals surface area contributed by atoms with Gasteiger partial charge in [-0.25, -0.2) is 0 Å². The van der Waals surface area contributed by atoms with Gasteiger partial charge in [-0.2, -0.15) is 4.57 Å². The van der Waals surface area contributed by atoms with Crippen LogP contribution >= 0.6 is 11.3 Å². The molecule has 1 aliphatic carbocycles. The van der Waals surface area contributed by atoms with Crippen LogP contribution in [0.25, 0.3) is 16.3 Å². The van der Waals surface area contributed by atoms with Gasteiger partial charge < -0.3 is 14.4 Å². The lowest BCUT2D eigenvalue weighted by Gasteiger charge is -2.25. The van der Waals surface area contributed by atoms with E-state index in [9.17, 15) is 0 Å². The van der Waals surface area contributed by atoms with Gasteiger partial charge in [0.2, 0.25) is 11.4 Å². The quantitative estimate of drug-likeness (QED) is 0.233.